The summed E-state index contributed by atoms with van der Waals surface area (Å²) in [6, 6.07) is 8.93. The summed E-state index contributed by atoms with van der Waals surface area (Å²) in [5, 5.41) is 0. The van der Waals surface area contributed by atoms with Gasteiger partial charge in [-0.05, 0) is 30.9 Å². The van der Waals surface area contributed by atoms with Crippen molar-refractivity contribution in [1.82, 2.24) is 0 Å². The summed E-state index contributed by atoms with van der Waals surface area (Å²) < 4.78 is 0. The Morgan fingerprint density at radius 3 is 2.93 bits per heavy atom. The molecule has 15 heavy (non-hydrogen) atoms. The van der Waals surface area contributed by atoms with Crippen molar-refractivity contribution in [3.8, 4) is 0 Å². The highest BCUT2D eigenvalue weighted by Crippen LogP contribution is 2.29. The fourth-order valence-corrected chi connectivity index (χ4v) is 2.43. The van der Waals surface area contributed by atoms with Crippen LogP contribution in [0.1, 0.15) is 19.4 Å². The second kappa shape index (κ2) is 4.23. The molecule has 1 heterocycles. The maximum Gasteiger partial charge on any atom is 0.0399 e. The molecule has 2 N–H and O–H groups in total. The van der Waals surface area contributed by atoms with Gasteiger partial charge in [0.1, 0.15) is 0 Å². The molecule has 1 unspecified atom stereocenters. The predicted molar refractivity (Wildman–Crippen MR) is 65.2 cm³/mol. The van der Waals surface area contributed by atoms with Crippen molar-refractivity contribution in [3.05, 3.63) is 29.8 Å². The second-order valence-electron chi connectivity index (χ2n) is 4.82. The molecule has 1 aromatic rings. The summed E-state index contributed by atoms with van der Waals surface area (Å²) in [7, 11) is 0. The Morgan fingerprint density at radius 2 is 2.20 bits per heavy atom. The predicted octanol–water partition coefficient (Wildman–Crippen LogP) is 2.03. The van der Waals surface area contributed by atoms with Gasteiger partial charge in [0.05, 0.1) is 0 Å². The van der Waals surface area contributed by atoms with Crippen LogP contribution in [0.3, 0.4) is 0 Å². The third-order valence-corrected chi connectivity index (χ3v) is 2.94. The van der Waals surface area contributed by atoms with Gasteiger partial charge < -0.3 is 10.6 Å². The molecule has 1 aliphatic rings. The Balaban J connectivity index is 2.26. The summed E-state index contributed by atoms with van der Waals surface area (Å²) in [6.07, 6.45) is 1.20. The van der Waals surface area contributed by atoms with Gasteiger partial charge in [0, 0.05) is 24.8 Å². The first-order valence-corrected chi connectivity index (χ1v) is 5.75. The van der Waals surface area contributed by atoms with Gasteiger partial charge >= 0.3 is 0 Å². The topological polar surface area (TPSA) is 29.3 Å². The zero-order valence-corrected chi connectivity index (χ0v) is 9.61. The fourth-order valence-electron chi connectivity index (χ4n) is 2.43. The largest absolute Gasteiger partial charge is 0.369 e. The number of benzene rings is 1. The van der Waals surface area contributed by atoms with E-state index in [9.17, 15) is 0 Å². The highest BCUT2D eigenvalue weighted by atomic mass is 15.1. The number of anilines is 1. The van der Waals surface area contributed by atoms with Gasteiger partial charge in [-0.25, -0.2) is 0 Å². The fraction of sp³-hybridized carbons (Fsp3) is 0.538. The molecule has 2 nitrogen and oxygen atoms in total. The summed E-state index contributed by atoms with van der Waals surface area (Å²) in [5.41, 5.74) is 8.74. The van der Waals surface area contributed by atoms with Crippen LogP contribution in [-0.2, 0) is 6.42 Å². The van der Waals surface area contributed by atoms with Crippen molar-refractivity contribution in [2.75, 3.05) is 18.0 Å². The van der Waals surface area contributed by atoms with Crippen molar-refractivity contribution in [2.45, 2.75) is 26.3 Å². The second-order valence-corrected chi connectivity index (χ2v) is 4.82. The average Bonchev–Trinajstić information content (AvgIpc) is 2.16. The lowest BCUT2D eigenvalue weighted by molar-refractivity contribution is 0.518. The maximum atomic E-state index is 5.88. The molecule has 2 heteroatoms. The van der Waals surface area contributed by atoms with E-state index in [-0.39, 0.29) is 6.04 Å². The standard InChI is InChI=1S/C13H20N2/c1-10-7-12-5-3-4-6-13(12)15(8-10)9-11(2)14/h3-6,10-11H,7-9,14H2,1-2H3/t10?,11-/m1/s1. The molecule has 2 rings (SSSR count). The summed E-state index contributed by atoms with van der Waals surface area (Å²) in [4.78, 5) is 2.42. The minimum absolute atomic E-state index is 0.239. The van der Waals surface area contributed by atoms with Crippen LogP contribution in [0.25, 0.3) is 0 Å². The van der Waals surface area contributed by atoms with Gasteiger partial charge in [-0.1, -0.05) is 25.1 Å². The first-order valence-electron chi connectivity index (χ1n) is 5.75. The average molecular weight is 204 g/mol. The van der Waals surface area contributed by atoms with Crippen LogP contribution in [0.2, 0.25) is 0 Å². The molecule has 0 spiro atoms. The van der Waals surface area contributed by atoms with E-state index in [1.165, 1.54) is 17.7 Å². The van der Waals surface area contributed by atoms with Crippen molar-refractivity contribution >= 4 is 5.69 Å². The molecule has 1 aliphatic heterocycles. The minimum atomic E-state index is 0.239. The normalized spacial score (nSPS) is 22.3. The molecule has 0 bridgehead atoms. The molecule has 82 valence electrons. The highest BCUT2D eigenvalue weighted by Gasteiger charge is 2.21. The van der Waals surface area contributed by atoms with Crippen LogP contribution in [0.15, 0.2) is 24.3 Å². The van der Waals surface area contributed by atoms with Crippen molar-refractivity contribution in [2.24, 2.45) is 11.7 Å². The van der Waals surface area contributed by atoms with E-state index < -0.39 is 0 Å². The lowest BCUT2D eigenvalue weighted by Gasteiger charge is -2.35. The smallest absolute Gasteiger partial charge is 0.0399 e. The monoisotopic (exact) mass is 204 g/mol. The lowest BCUT2D eigenvalue weighted by Crippen LogP contribution is -2.41. The molecular weight excluding hydrogens is 184 g/mol. The molecule has 0 aromatic heterocycles. The van der Waals surface area contributed by atoms with Crippen LogP contribution in [0.5, 0.6) is 0 Å². The van der Waals surface area contributed by atoms with Crippen molar-refractivity contribution in [3.63, 3.8) is 0 Å². The van der Waals surface area contributed by atoms with E-state index in [4.69, 9.17) is 5.73 Å². The number of hydrogen-bond donors (Lipinski definition) is 1. The molecule has 0 saturated heterocycles. The molecule has 0 fully saturated rings. The van der Waals surface area contributed by atoms with Crippen molar-refractivity contribution < 1.29 is 0 Å². The van der Waals surface area contributed by atoms with E-state index in [1.807, 2.05) is 0 Å². The zero-order chi connectivity index (χ0) is 10.8. The van der Waals surface area contributed by atoms with E-state index >= 15 is 0 Å². The van der Waals surface area contributed by atoms with Crippen LogP contribution in [0.4, 0.5) is 5.69 Å². The molecule has 0 amide bonds. The molecule has 1 aromatic carbocycles. The Labute approximate surface area is 92.1 Å². The number of rotatable bonds is 2. The van der Waals surface area contributed by atoms with Gasteiger partial charge in [-0.15, -0.1) is 0 Å². The van der Waals surface area contributed by atoms with Crippen LogP contribution in [0, 0.1) is 5.92 Å². The molecular formula is C13H20N2. The Hall–Kier alpha value is -1.02. The van der Waals surface area contributed by atoms with Gasteiger partial charge in [-0.2, -0.15) is 0 Å². The van der Waals surface area contributed by atoms with E-state index in [0.29, 0.717) is 0 Å². The van der Waals surface area contributed by atoms with Gasteiger partial charge in [-0.3, -0.25) is 0 Å². The number of hydrogen-bond acceptors (Lipinski definition) is 2. The quantitative estimate of drug-likeness (QED) is 0.798. The molecule has 0 radical (unpaired) electrons. The molecule has 0 aliphatic carbocycles. The minimum Gasteiger partial charge on any atom is -0.369 e. The third kappa shape index (κ3) is 2.32. The lowest BCUT2D eigenvalue weighted by atomic mass is 9.93. The Bertz CT molecular complexity index is 333. The van der Waals surface area contributed by atoms with Crippen molar-refractivity contribution in [1.29, 1.82) is 0 Å². The number of para-hydroxylation sites is 1. The van der Waals surface area contributed by atoms with Crippen LogP contribution in [-0.4, -0.2) is 19.1 Å². The molecule has 2 atom stereocenters. The first-order chi connectivity index (χ1) is 7.16. The number of fused-ring (bicyclic) bond motifs is 1. The Morgan fingerprint density at radius 1 is 1.47 bits per heavy atom. The summed E-state index contributed by atoms with van der Waals surface area (Å²) in [6.45, 7) is 6.48. The molecule has 0 saturated carbocycles. The van der Waals surface area contributed by atoms with E-state index in [2.05, 4.69) is 43.0 Å². The van der Waals surface area contributed by atoms with Crippen LogP contribution >= 0.6 is 0 Å². The summed E-state index contributed by atoms with van der Waals surface area (Å²) in [5.74, 6) is 0.735. The summed E-state index contributed by atoms with van der Waals surface area (Å²) >= 11 is 0. The van der Waals surface area contributed by atoms with Gasteiger partial charge in [0.15, 0.2) is 0 Å². The van der Waals surface area contributed by atoms with Crippen LogP contribution < -0.4 is 10.6 Å². The zero-order valence-electron chi connectivity index (χ0n) is 9.61. The first kappa shape index (κ1) is 10.5. The Kier molecular flexibility index (Phi) is 2.96. The maximum absolute atomic E-state index is 5.88. The number of nitrogens with zero attached hydrogens (tertiary/aromatic N) is 1. The third-order valence-electron chi connectivity index (χ3n) is 2.94. The number of nitrogens with two attached hydrogens (primary N) is 1. The van der Waals surface area contributed by atoms with E-state index in [0.717, 1.165) is 19.0 Å². The highest BCUT2D eigenvalue weighted by molar-refractivity contribution is 5.55. The van der Waals surface area contributed by atoms with E-state index in [1.54, 1.807) is 0 Å². The van der Waals surface area contributed by atoms with Gasteiger partial charge in [0.2, 0.25) is 0 Å². The van der Waals surface area contributed by atoms with Gasteiger partial charge in [0.25, 0.3) is 0 Å². The SMILES string of the molecule is CC1Cc2ccccc2N(C[C@@H](C)N)C1.